The highest BCUT2D eigenvalue weighted by molar-refractivity contribution is 6.32. The minimum absolute atomic E-state index is 0.102. The molecule has 0 unspecified atom stereocenters. The van der Waals surface area contributed by atoms with Crippen LogP contribution in [0.2, 0.25) is 5.02 Å². The van der Waals surface area contributed by atoms with E-state index in [9.17, 15) is 9.59 Å². The molecule has 0 aliphatic carbocycles. The summed E-state index contributed by atoms with van der Waals surface area (Å²) in [5, 5.41) is 3.56. The van der Waals surface area contributed by atoms with Gasteiger partial charge in [-0.25, -0.2) is 9.48 Å². The van der Waals surface area contributed by atoms with Crippen molar-refractivity contribution in [2.45, 2.75) is 20.8 Å². The molecule has 0 bridgehead atoms. The van der Waals surface area contributed by atoms with Gasteiger partial charge in [0.2, 0.25) is 0 Å². The maximum Gasteiger partial charge on any atom is 0.328 e. The lowest BCUT2D eigenvalue weighted by molar-refractivity contribution is 0.414. The lowest BCUT2D eigenvalue weighted by Gasteiger charge is -2.23. The number of nitrogens with one attached hydrogen (secondary N) is 1. The van der Waals surface area contributed by atoms with Crippen molar-refractivity contribution in [3.05, 3.63) is 67.4 Å². The molecule has 35 heavy (non-hydrogen) atoms. The molecule has 0 aliphatic rings. The molecule has 0 saturated carbocycles. The van der Waals surface area contributed by atoms with Crippen molar-refractivity contribution in [1.82, 2.24) is 18.9 Å². The van der Waals surface area contributed by atoms with E-state index < -0.39 is 0 Å². The van der Waals surface area contributed by atoms with Crippen molar-refractivity contribution in [1.29, 1.82) is 0 Å². The molecule has 0 saturated heterocycles. The van der Waals surface area contributed by atoms with E-state index in [1.54, 1.807) is 47.6 Å². The van der Waals surface area contributed by atoms with Gasteiger partial charge < -0.3 is 9.64 Å². The van der Waals surface area contributed by atoms with Crippen molar-refractivity contribution < 1.29 is 4.74 Å². The zero-order valence-corrected chi connectivity index (χ0v) is 21.5. The number of benzene rings is 2. The molecule has 0 amide bonds. The number of methoxy groups -OCH3 is 1. The number of hydrogen-bond acceptors (Lipinski definition) is 5. The summed E-state index contributed by atoms with van der Waals surface area (Å²) >= 11 is 6.14. The van der Waals surface area contributed by atoms with Gasteiger partial charge in [0.15, 0.2) is 0 Å². The van der Waals surface area contributed by atoms with E-state index in [0.717, 1.165) is 29.8 Å². The van der Waals surface area contributed by atoms with Crippen LogP contribution in [0.1, 0.15) is 25.1 Å². The fourth-order valence-corrected chi connectivity index (χ4v) is 4.45. The molecule has 0 spiro atoms. The van der Waals surface area contributed by atoms with Crippen molar-refractivity contribution in [2.75, 3.05) is 25.1 Å². The smallest absolute Gasteiger partial charge is 0.328 e. The molecule has 1 N–H and O–H groups in total. The standard InChI is InChI=1S/C25H29ClN6O3/c1-7-31(8-2)20-13-22-21(29(4)25(34)30(22)5)12-19(20)27-14-17-15(3)28-32(24(17)33)16-9-10-18(26)23(11-16)35-6/h9-14,28H,7-8H2,1-6H3. The first-order valence-electron chi connectivity index (χ1n) is 11.4. The van der Waals surface area contributed by atoms with Crippen LogP contribution in [0.3, 0.4) is 0 Å². The van der Waals surface area contributed by atoms with Gasteiger partial charge in [0.25, 0.3) is 5.56 Å². The van der Waals surface area contributed by atoms with E-state index in [1.165, 1.54) is 11.8 Å². The Morgan fingerprint density at radius 3 is 2.37 bits per heavy atom. The fraction of sp³-hybridized carbons (Fsp3) is 0.320. The molecular weight excluding hydrogens is 468 g/mol. The maximum absolute atomic E-state index is 13.2. The average Bonchev–Trinajstić information content (AvgIpc) is 3.25. The van der Waals surface area contributed by atoms with Crippen LogP contribution in [0, 0.1) is 6.92 Å². The number of ether oxygens (including phenoxy) is 1. The number of anilines is 1. The number of H-pyrrole nitrogens is 1. The first-order valence-corrected chi connectivity index (χ1v) is 11.7. The monoisotopic (exact) mass is 496 g/mol. The summed E-state index contributed by atoms with van der Waals surface area (Å²) in [6.45, 7) is 7.52. The Bertz CT molecular complexity index is 1550. The Balaban J connectivity index is 1.84. The number of hydrogen-bond donors (Lipinski definition) is 1. The van der Waals surface area contributed by atoms with Gasteiger partial charge in [0.1, 0.15) is 5.75 Å². The lowest BCUT2D eigenvalue weighted by Crippen LogP contribution is -2.22. The van der Waals surface area contributed by atoms with Crippen LogP contribution >= 0.6 is 11.6 Å². The van der Waals surface area contributed by atoms with Gasteiger partial charge in [0, 0.05) is 45.2 Å². The summed E-state index contributed by atoms with van der Waals surface area (Å²) in [4.78, 5) is 32.7. The molecule has 0 radical (unpaired) electrons. The van der Waals surface area contributed by atoms with E-state index in [2.05, 4.69) is 23.8 Å². The quantitative estimate of drug-likeness (QED) is 0.393. The first kappa shape index (κ1) is 24.4. The number of aryl methyl sites for hydroxylation is 3. The van der Waals surface area contributed by atoms with Gasteiger partial charge in [-0.2, -0.15) is 0 Å². The summed E-state index contributed by atoms with van der Waals surface area (Å²) < 4.78 is 9.95. The molecule has 4 rings (SSSR count). The van der Waals surface area contributed by atoms with Crippen LogP contribution in [0.25, 0.3) is 16.7 Å². The lowest BCUT2D eigenvalue weighted by atomic mass is 10.2. The van der Waals surface area contributed by atoms with Crippen LogP contribution in [0.5, 0.6) is 5.75 Å². The molecule has 10 heteroatoms. The van der Waals surface area contributed by atoms with Crippen molar-refractivity contribution >= 4 is 40.2 Å². The van der Waals surface area contributed by atoms with Gasteiger partial charge in [-0.1, -0.05) is 11.6 Å². The molecule has 2 aromatic heterocycles. The molecule has 0 fully saturated rings. The highest BCUT2D eigenvalue weighted by atomic mass is 35.5. The van der Waals surface area contributed by atoms with Gasteiger partial charge in [-0.05, 0) is 45.0 Å². The third kappa shape index (κ3) is 4.16. The number of fused-ring (bicyclic) bond motifs is 1. The van der Waals surface area contributed by atoms with E-state index in [-0.39, 0.29) is 11.2 Å². The number of nitrogens with zero attached hydrogens (tertiary/aromatic N) is 5. The highest BCUT2D eigenvalue weighted by Crippen LogP contribution is 2.33. The Morgan fingerprint density at radius 1 is 1.09 bits per heavy atom. The second kappa shape index (κ2) is 9.50. The summed E-state index contributed by atoms with van der Waals surface area (Å²) in [6, 6.07) is 9.00. The SMILES string of the molecule is CCN(CC)c1cc2c(cc1N=Cc1c(C)[nH]n(-c3ccc(Cl)c(OC)c3)c1=O)n(C)c(=O)n2C. The second-order valence-corrected chi connectivity index (χ2v) is 8.68. The number of imidazole rings is 1. The van der Waals surface area contributed by atoms with Crippen LogP contribution in [-0.4, -0.2) is 45.3 Å². The Labute approximate surface area is 207 Å². The third-order valence-corrected chi connectivity index (χ3v) is 6.63. The van der Waals surface area contributed by atoms with Crippen LogP contribution in [0.4, 0.5) is 11.4 Å². The molecule has 184 valence electrons. The molecule has 9 nitrogen and oxygen atoms in total. The first-order chi connectivity index (χ1) is 16.7. The Hall–Kier alpha value is -3.72. The van der Waals surface area contributed by atoms with Crippen molar-refractivity contribution in [2.24, 2.45) is 19.1 Å². The third-order valence-electron chi connectivity index (χ3n) is 6.32. The van der Waals surface area contributed by atoms with Crippen LogP contribution in [0.15, 0.2) is 44.9 Å². The Kier molecular flexibility index (Phi) is 6.62. The number of rotatable bonds is 7. The highest BCUT2D eigenvalue weighted by Gasteiger charge is 2.17. The van der Waals surface area contributed by atoms with E-state index >= 15 is 0 Å². The molecule has 2 heterocycles. The van der Waals surface area contributed by atoms with E-state index in [1.807, 2.05) is 19.1 Å². The molecule has 0 aliphatic heterocycles. The number of halogens is 1. The largest absolute Gasteiger partial charge is 0.495 e. The summed E-state index contributed by atoms with van der Waals surface area (Å²) in [5.74, 6) is 0.476. The topological polar surface area (TPSA) is 89.6 Å². The van der Waals surface area contributed by atoms with Gasteiger partial charge in [0.05, 0.1) is 45.8 Å². The summed E-state index contributed by atoms with van der Waals surface area (Å²) in [5.41, 5.74) is 4.55. The van der Waals surface area contributed by atoms with Gasteiger partial charge in [-0.3, -0.25) is 24.0 Å². The van der Waals surface area contributed by atoms with Crippen LogP contribution in [-0.2, 0) is 14.1 Å². The number of aliphatic imine (C=N–C) groups is 1. The summed E-state index contributed by atoms with van der Waals surface area (Å²) in [6.07, 6.45) is 1.58. The zero-order chi connectivity index (χ0) is 25.4. The predicted octanol–water partition coefficient (Wildman–Crippen LogP) is 3.92. The molecule has 4 aromatic rings. The van der Waals surface area contributed by atoms with Gasteiger partial charge >= 0.3 is 5.69 Å². The van der Waals surface area contributed by atoms with Crippen molar-refractivity contribution in [3.8, 4) is 11.4 Å². The predicted molar refractivity (Wildman–Crippen MR) is 142 cm³/mol. The fourth-order valence-electron chi connectivity index (χ4n) is 4.26. The second-order valence-electron chi connectivity index (χ2n) is 8.27. The normalized spacial score (nSPS) is 11.6. The maximum atomic E-state index is 13.2. The molecule has 0 atom stereocenters. The number of aromatic nitrogens is 4. The van der Waals surface area contributed by atoms with Crippen LogP contribution < -0.4 is 20.9 Å². The molecule has 2 aromatic carbocycles. The van der Waals surface area contributed by atoms with Gasteiger partial charge in [-0.15, -0.1) is 0 Å². The van der Waals surface area contributed by atoms with E-state index in [0.29, 0.717) is 33.4 Å². The zero-order valence-electron chi connectivity index (χ0n) is 20.7. The average molecular weight is 497 g/mol. The van der Waals surface area contributed by atoms with Crippen molar-refractivity contribution in [3.63, 3.8) is 0 Å². The summed E-state index contributed by atoms with van der Waals surface area (Å²) in [7, 11) is 5.03. The minimum Gasteiger partial charge on any atom is -0.495 e. The number of aromatic amines is 1. The molecular formula is C25H29ClN6O3. The Morgan fingerprint density at radius 2 is 1.74 bits per heavy atom. The minimum atomic E-state index is -0.242. The van der Waals surface area contributed by atoms with E-state index in [4.69, 9.17) is 21.3 Å².